The minimum absolute atomic E-state index is 0.00921. The lowest BCUT2D eigenvalue weighted by atomic mass is 9.82. The van der Waals surface area contributed by atoms with Crippen molar-refractivity contribution >= 4 is 11.7 Å². The van der Waals surface area contributed by atoms with Crippen molar-refractivity contribution in [2.75, 3.05) is 13.2 Å². The van der Waals surface area contributed by atoms with Crippen molar-refractivity contribution in [2.24, 2.45) is 0 Å². The molecule has 2 aromatic carbocycles. The predicted molar refractivity (Wildman–Crippen MR) is 131 cm³/mol. The average molecular weight is 534 g/mol. The molecule has 1 atom stereocenters. The summed E-state index contributed by atoms with van der Waals surface area (Å²) in [4.78, 5) is 37.8. The Hall–Kier alpha value is -4.02. The summed E-state index contributed by atoms with van der Waals surface area (Å²) in [5.41, 5.74) is 1.84. The Labute approximate surface area is 216 Å². The first-order valence-corrected chi connectivity index (χ1v) is 11.7. The van der Waals surface area contributed by atoms with Crippen molar-refractivity contribution in [1.82, 2.24) is 15.1 Å². The molecule has 1 unspecified atom stereocenters. The molecule has 0 radical (unpaired) electrons. The number of halogens is 4. The topological polar surface area (TPSA) is 90.3 Å². The van der Waals surface area contributed by atoms with Crippen molar-refractivity contribution in [2.45, 2.75) is 45.6 Å². The molecule has 0 spiro atoms. The molecule has 1 N–H and O–H groups in total. The van der Waals surface area contributed by atoms with Gasteiger partial charge in [-0.2, -0.15) is 13.9 Å². The van der Waals surface area contributed by atoms with Gasteiger partial charge in [-0.1, -0.05) is 45.0 Å². The van der Waals surface area contributed by atoms with E-state index in [1.54, 1.807) is 6.07 Å². The number of nitrogens with one attached hydrogen (secondary N) is 1. The number of carbonyl (C=O) groups is 2. The Morgan fingerprint density at radius 2 is 1.66 bits per heavy atom. The number of Topliss-reactive ketones (excluding diaryl/α,β-unsaturated/α-hetero) is 1. The molecule has 1 amide bonds. The zero-order chi connectivity index (χ0) is 28.2. The molecule has 1 aromatic heterocycles. The van der Waals surface area contributed by atoms with Gasteiger partial charge in [0, 0.05) is 24.2 Å². The van der Waals surface area contributed by atoms with E-state index in [0.717, 1.165) is 15.8 Å². The third-order valence-electron chi connectivity index (χ3n) is 5.81. The van der Waals surface area contributed by atoms with Crippen LogP contribution in [0.2, 0.25) is 0 Å². The average Bonchev–Trinajstić information content (AvgIpc) is 2.86. The number of carbonyl (C=O) groups excluding carboxylic acids is 2. The molecule has 38 heavy (non-hydrogen) atoms. The number of aromatic nitrogens is 2. The van der Waals surface area contributed by atoms with Crippen molar-refractivity contribution in [3.8, 4) is 5.75 Å². The number of benzene rings is 2. The molecule has 0 aliphatic heterocycles. The van der Waals surface area contributed by atoms with Gasteiger partial charge in [-0.05, 0) is 29.5 Å². The van der Waals surface area contributed by atoms with Crippen molar-refractivity contribution in [3.05, 3.63) is 92.9 Å². The molecule has 0 saturated heterocycles. The van der Waals surface area contributed by atoms with Gasteiger partial charge in [0.1, 0.15) is 12.6 Å². The van der Waals surface area contributed by atoms with E-state index in [-0.39, 0.29) is 11.5 Å². The summed E-state index contributed by atoms with van der Waals surface area (Å²) in [6.45, 7) is 6.03. The van der Waals surface area contributed by atoms with Crippen LogP contribution in [0.4, 0.5) is 17.6 Å². The summed E-state index contributed by atoms with van der Waals surface area (Å²) >= 11 is 0. The summed E-state index contributed by atoms with van der Waals surface area (Å²) in [5, 5.41) is 6.28. The minimum Gasteiger partial charge on any atom is -0.479 e. The summed E-state index contributed by atoms with van der Waals surface area (Å²) < 4.78 is 59.4. The Balaban J connectivity index is 1.66. The second-order valence-corrected chi connectivity index (χ2v) is 9.71. The summed E-state index contributed by atoms with van der Waals surface area (Å²) in [7, 11) is 0. The van der Waals surface area contributed by atoms with Gasteiger partial charge in [0.05, 0.1) is 6.54 Å². The van der Waals surface area contributed by atoms with E-state index in [4.69, 9.17) is 0 Å². The van der Waals surface area contributed by atoms with Crippen molar-refractivity contribution in [1.29, 1.82) is 0 Å². The number of rotatable bonds is 9. The minimum atomic E-state index is -1.79. The highest BCUT2D eigenvalue weighted by atomic mass is 19.2. The van der Waals surface area contributed by atoms with Gasteiger partial charge in [-0.3, -0.25) is 14.4 Å². The molecule has 0 fully saturated rings. The van der Waals surface area contributed by atoms with E-state index < -0.39 is 65.5 Å². The number of ether oxygens (including phenoxy) is 1. The van der Waals surface area contributed by atoms with Gasteiger partial charge in [-0.25, -0.2) is 13.5 Å². The van der Waals surface area contributed by atoms with Gasteiger partial charge in [0.25, 0.3) is 5.56 Å². The molecule has 0 aliphatic rings. The maximum atomic E-state index is 13.7. The normalized spacial score (nSPS) is 12.2. The van der Waals surface area contributed by atoms with Gasteiger partial charge < -0.3 is 10.1 Å². The van der Waals surface area contributed by atoms with Gasteiger partial charge in [-0.15, -0.1) is 0 Å². The third kappa shape index (κ3) is 6.45. The zero-order valence-electron chi connectivity index (χ0n) is 21.3. The molecule has 3 rings (SSSR count). The van der Waals surface area contributed by atoms with Gasteiger partial charge >= 0.3 is 0 Å². The lowest BCUT2D eigenvalue weighted by Crippen LogP contribution is -2.40. The second kappa shape index (κ2) is 11.6. The number of ketones is 1. The summed E-state index contributed by atoms with van der Waals surface area (Å²) in [6.07, 6.45) is 1.73. The van der Waals surface area contributed by atoms with E-state index in [9.17, 15) is 31.9 Å². The first-order chi connectivity index (χ1) is 17.8. The number of amides is 1. The fourth-order valence-corrected chi connectivity index (χ4v) is 3.81. The number of hydrogen-bond acceptors (Lipinski definition) is 5. The van der Waals surface area contributed by atoms with Crippen LogP contribution in [0.3, 0.4) is 0 Å². The molecule has 202 valence electrons. The molecule has 11 heteroatoms. The highest BCUT2D eigenvalue weighted by Gasteiger charge is 2.23. The Bertz CT molecular complexity index is 1390. The van der Waals surface area contributed by atoms with Crippen LogP contribution >= 0.6 is 0 Å². The van der Waals surface area contributed by atoms with Crippen molar-refractivity contribution < 1.29 is 31.9 Å². The van der Waals surface area contributed by atoms with Crippen LogP contribution in [-0.4, -0.2) is 34.6 Å². The highest BCUT2D eigenvalue weighted by Crippen LogP contribution is 2.27. The molecular formula is C27H27F4N3O4. The summed E-state index contributed by atoms with van der Waals surface area (Å²) in [5.74, 6) is -9.90. The Kier molecular flexibility index (Phi) is 8.70. The Morgan fingerprint density at radius 1 is 1.03 bits per heavy atom. The molecule has 3 aromatic rings. The van der Waals surface area contributed by atoms with E-state index >= 15 is 0 Å². The molecule has 1 heterocycles. The van der Waals surface area contributed by atoms with Crippen LogP contribution < -0.4 is 15.6 Å². The quantitative estimate of drug-likeness (QED) is 0.332. The van der Waals surface area contributed by atoms with E-state index in [0.29, 0.717) is 12.0 Å². The molecule has 7 nitrogen and oxygen atoms in total. The van der Waals surface area contributed by atoms with Crippen LogP contribution in [-0.2, 0) is 21.4 Å². The maximum absolute atomic E-state index is 13.7. The lowest BCUT2D eigenvalue weighted by Gasteiger charge is -2.23. The molecule has 0 aliphatic carbocycles. The monoisotopic (exact) mass is 533 g/mol. The van der Waals surface area contributed by atoms with Crippen LogP contribution in [0.25, 0.3) is 0 Å². The Morgan fingerprint density at radius 3 is 2.29 bits per heavy atom. The lowest BCUT2D eigenvalue weighted by molar-refractivity contribution is -0.128. The smallest absolute Gasteiger partial charge is 0.271 e. The molecule has 0 saturated carbocycles. The first kappa shape index (κ1) is 28.5. The van der Waals surface area contributed by atoms with Crippen LogP contribution in [0.5, 0.6) is 5.75 Å². The second-order valence-electron chi connectivity index (χ2n) is 9.71. The largest absolute Gasteiger partial charge is 0.479 e. The van der Waals surface area contributed by atoms with E-state index in [1.807, 2.05) is 24.3 Å². The SMILES string of the molecule is CC(C(=O)NCC(=O)COc1c(F)c(F)cc(F)c1F)n1nccc(Cc2ccccc2C(C)(C)C)c1=O. The standard InChI is InChI=1S/C27H27F4N3O4/c1-15(25(36)32-13-18(35)14-38-24-22(30)20(28)12-21(29)23(24)31)34-26(37)17(9-10-33-34)11-16-7-5-6-8-19(16)27(2,3)4/h5-10,12,15H,11,13-14H2,1-4H3,(H,32,36). The molecule has 0 bridgehead atoms. The van der Waals surface area contributed by atoms with Crippen LogP contribution in [0.1, 0.15) is 50.4 Å². The first-order valence-electron chi connectivity index (χ1n) is 11.7. The zero-order valence-corrected chi connectivity index (χ0v) is 21.3. The highest BCUT2D eigenvalue weighted by molar-refractivity contribution is 5.88. The number of hydrogen-bond donors (Lipinski definition) is 1. The van der Waals surface area contributed by atoms with E-state index in [1.165, 1.54) is 13.1 Å². The fourth-order valence-electron chi connectivity index (χ4n) is 3.81. The van der Waals surface area contributed by atoms with Gasteiger partial charge in [0.2, 0.25) is 17.5 Å². The molecular weight excluding hydrogens is 506 g/mol. The van der Waals surface area contributed by atoms with Crippen LogP contribution in [0.15, 0.2) is 47.4 Å². The number of nitrogens with zero attached hydrogens (tertiary/aromatic N) is 2. The third-order valence-corrected chi connectivity index (χ3v) is 5.81. The maximum Gasteiger partial charge on any atom is 0.271 e. The summed E-state index contributed by atoms with van der Waals surface area (Å²) in [6, 6.07) is 8.24. The predicted octanol–water partition coefficient (Wildman–Crippen LogP) is 4.01. The fraction of sp³-hybridized carbons (Fsp3) is 0.333. The van der Waals surface area contributed by atoms with Crippen LogP contribution in [0, 0.1) is 23.3 Å². The van der Waals surface area contributed by atoms with Gasteiger partial charge in [0.15, 0.2) is 23.2 Å². The van der Waals surface area contributed by atoms with E-state index in [2.05, 4.69) is 35.9 Å². The van der Waals surface area contributed by atoms with Crippen molar-refractivity contribution in [3.63, 3.8) is 0 Å².